The second-order valence-corrected chi connectivity index (χ2v) is 19.3. The molecule has 0 N–H and O–H groups in total. The Morgan fingerprint density at radius 1 is 0.641 bits per heavy atom. The molecule has 0 spiro atoms. The molecular weight excluding hydrogens is 968 g/mol. The van der Waals surface area contributed by atoms with Gasteiger partial charge in [-0.3, -0.25) is 0 Å². The fourth-order valence-corrected chi connectivity index (χ4v) is 10.3. The summed E-state index contributed by atoms with van der Waals surface area (Å²) in [6.45, 7) is 12.0. The molecule has 0 fully saturated rings. The summed E-state index contributed by atoms with van der Waals surface area (Å²) in [5, 5.41) is 2.22. The normalized spacial score (nSPS) is 13.6. The van der Waals surface area contributed by atoms with E-state index in [9.17, 15) is 0 Å². The maximum atomic E-state index is 6.75. The minimum atomic E-state index is -0.0563. The van der Waals surface area contributed by atoms with Crippen LogP contribution in [0.15, 0.2) is 164 Å². The Morgan fingerprint density at radius 3 is 2.00 bits per heavy atom. The molecule has 11 rings (SSSR count). The van der Waals surface area contributed by atoms with Gasteiger partial charge in [0.2, 0.25) is 0 Å². The Hall–Kier alpha value is -6.75. The average Bonchev–Trinajstić information content (AvgIpc) is 3.78. The number of imidazole rings is 1. The summed E-state index contributed by atoms with van der Waals surface area (Å²) in [5.74, 6) is 2.93. The number of rotatable bonds is 7. The minimum Gasteiger partial charge on any atom is -0.493 e. The van der Waals surface area contributed by atoms with Crippen molar-refractivity contribution in [3.05, 3.63) is 191 Å². The first kappa shape index (κ1) is 40.1. The van der Waals surface area contributed by atoms with Gasteiger partial charge in [-0.25, -0.2) is 0 Å². The van der Waals surface area contributed by atoms with Crippen molar-refractivity contribution >= 4 is 32.8 Å². The van der Waals surface area contributed by atoms with E-state index >= 15 is 0 Å². The smallest absolute Gasteiger partial charge is 0.493 e. The van der Waals surface area contributed by atoms with Gasteiger partial charge in [0.25, 0.3) is 0 Å². The van der Waals surface area contributed by atoms with Gasteiger partial charge in [-0.1, -0.05) is 34.6 Å². The molecule has 4 heterocycles. The Labute approximate surface area is 384 Å². The van der Waals surface area contributed by atoms with Crippen molar-refractivity contribution in [1.29, 1.82) is 0 Å². The third kappa shape index (κ3) is 6.83. The molecule has 0 radical (unpaired) electrons. The van der Waals surface area contributed by atoms with Gasteiger partial charge in [-0.15, -0.1) is 0 Å². The van der Waals surface area contributed by atoms with E-state index in [1.807, 2.05) is 24.4 Å². The molecule has 0 bridgehead atoms. The monoisotopic (exact) mass is 1010 g/mol. The van der Waals surface area contributed by atoms with Gasteiger partial charge < -0.3 is 4.74 Å². The van der Waals surface area contributed by atoms with Crippen molar-refractivity contribution in [2.75, 3.05) is 6.61 Å². The number of aromatic nitrogens is 4. The standard InChI is InChI=1S/C57H46N4O2.Pt/c1-56(2,3)40-28-30-58-54(32-40)61-51-34-43(26-27-46(51)47-35-48-53(36-52(47)61)62-31-29-57(48,4)5)63-42-21-14-20-41(33-42)59-37-60(50-25-13-12-24-49(50)59)55-44(38-16-8-6-9-17-38)22-15-23-45(55)39-18-10-7-11-19-39;/h6-28,30,32,35-36H,29,31H2,1-5H3;/q-2;. The van der Waals surface area contributed by atoms with Crippen LogP contribution in [0.1, 0.15) is 52.2 Å². The van der Waals surface area contributed by atoms with E-state index in [1.54, 1.807) is 0 Å². The van der Waals surface area contributed by atoms with Crippen molar-refractivity contribution < 1.29 is 28.8 Å². The number of pyridine rings is 1. The summed E-state index contributed by atoms with van der Waals surface area (Å²) >= 11 is 2.47. The summed E-state index contributed by atoms with van der Waals surface area (Å²) in [6, 6.07) is 62.9. The molecule has 0 atom stereocenters. The zero-order valence-electron chi connectivity index (χ0n) is 36.4. The van der Waals surface area contributed by atoms with Crippen molar-refractivity contribution in [3.63, 3.8) is 0 Å². The van der Waals surface area contributed by atoms with Gasteiger partial charge in [0.1, 0.15) is 5.75 Å². The van der Waals surface area contributed by atoms with E-state index in [4.69, 9.17) is 14.5 Å². The molecule has 1 aliphatic heterocycles. The quantitative estimate of drug-likeness (QED) is 0.149. The molecule has 0 unspecified atom stereocenters. The van der Waals surface area contributed by atoms with E-state index in [2.05, 4.69) is 219 Å². The van der Waals surface area contributed by atoms with Crippen LogP contribution in [0.4, 0.5) is 0 Å². The molecule has 0 aliphatic carbocycles. The van der Waals surface area contributed by atoms with E-state index < -0.39 is 0 Å². The van der Waals surface area contributed by atoms with Crippen LogP contribution in [0.25, 0.3) is 72.3 Å². The third-order valence-electron chi connectivity index (χ3n) is 12.7. The molecule has 0 saturated carbocycles. The van der Waals surface area contributed by atoms with E-state index in [1.165, 1.54) is 11.1 Å². The minimum absolute atomic E-state index is 0.00809. The number of nitrogens with zero attached hydrogens (tertiary/aromatic N) is 4. The first-order valence-electron chi connectivity index (χ1n) is 21.8. The number of hydrogen-bond donors (Lipinski definition) is 0. The molecule has 318 valence electrons. The van der Waals surface area contributed by atoms with Crippen LogP contribution < -0.4 is 9.47 Å². The summed E-state index contributed by atoms with van der Waals surface area (Å²) in [7, 11) is 0. The van der Waals surface area contributed by atoms with Crippen LogP contribution in [-0.4, -0.2) is 25.3 Å². The van der Waals surface area contributed by atoms with E-state index in [0.717, 1.165) is 88.3 Å². The number of fused-ring (bicyclic) bond motifs is 5. The molecule has 6 nitrogen and oxygen atoms in total. The molecule has 1 aliphatic rings. The maximum absolute atomic E-state index is 6.75. The predicted molar refractivity (Wildman–Crippen MR) is 255 cm³/mol. The van der Waals surface area contributed by atoms with Crippen LogP contribution in [0.2, 0.25) is 0 Å². The van der Waals surface area contributed by atoms with E-state index in [-0.39, 0.29) is 10.8 Å². The summed E-state index contributed by atoms with van der Waals surface area (Å²) in [6.07, 6.45) is 2.87. The fourth-order valence-electron chi connectivity index (χ4n) is 9.24. The van der Waals surface area contributed by atoms with Gasteiger partial charge in [0.05, 0.1) is 6.61 Å². The number of hydrogen-bond acceptors (Lipinski definition) is 3. The van der Waals surface area contributed by atoms with Crippen LogP contribution in [0.5, 0.6) is 17.2 Å². The van der Waals surface area contributed by atoms with E-state index in [0.29, 0.717) is 18.1 Å². The first-order chi connectivity index (χ1) is 31.0. The summed E-state index contributed by atoms with van der Waals surface area (Å²) in [5.41, 5.74) is 13.0. The Kier molecular flexibility index (Phi) is 9.70. The topological polar surface area (TPSA) is 46.1 Å². The third-order valence-corrected chi connectivity index (χ3v) is 13.7. The van der Waals surface area contributed by atoms with Crippen LogP contribution in [0.3, 0.4) is 0 Å². The number of ether oxygens (including phenoxy) is 2. The molecule has 10 aromatic rings. The zero-order valence-corrected chi connectivity index (χ0v) is 38.7. The fraction of sp³-hybridized carbons (Fsp3) is 0.158. The second kappa shape index (κ2) is 15.5. The van der Waals surface area contributed by atoms with Gasteiger partial charge in [0.15, 0.2) is 0 Å². The summed E-state index contributed by atoms with van der Waals surface area (Å²) < 4.78 is 20.9. The van der Waals surface area contributed by atoms with Gasteiger partial charge in [0, 0.05) is 6.20 Å². The molecule has 0 amide bonds. The Balaban J connectivity index is 1.05. The predicted octanol–water partition coefficient (Wildman–Crippen LogP) is 14.1. The number of benzene rings is 7. The SMILES string of the molecule is CC(C)(C)c1ccnc(-n2c3[c-]c(Oc4[c-]c(-n5[c](=[Pt])n(-c6c(-c7ccccc7)cccc6-c6ccccc6)c6ccccc65)ccc4)ccc3c3cc4c(cc32)OCCC4(C)C)c1. The molecule has 7 heteroatoms. The van der Waals surface area contributed by atoms with Crippen molar-refractivity contribution in [2.24, 2.45) is 0 Å². The first-order valence-corrected chi connectivity index (χ1v) is 22.9. The molecule has 3 aromatic heterocycles. The number of para-hydroxylation sites is 3. The average molecular weight is 1010 g/mol. The molecule has 0 saturated heterocycles. The van der Waals surface area contributed by atoms with Gasteiger partial charge >= 0.3 is 294 Å². The van der Waals surface area contributed by atoms with Crippen LogP contribution >= 0.6 is 0 Å². The molecular formula is C57H46N4O2Pt-2. The van der Waals surface area contributed by atoms with Gasteiger partial charge in [-0.2, -0.15) is 0 Å². The van der Waals surface area contributed by atoms with Crippen molar-refractivity contribution in [2.45, 2.75) is 51.9 Å². The molecule has 64 heavy (non-hydrogen) atoms. The zero-order chi connectivity index (χ0) is 43.7. The molecule has 7 aromatic carbocycles. The van der Waals surface area contributed by atoms with Crippen LogP contribution in [0, 0.1) is 15.9 Å². The Bertz CT molecular complexity index is 3420. The Morgan fingerprint density at radius 2 is 1.30 bits per heavy atom. The van der Waals surface area contributed by atoms with Gasteiger partial charge in [-0.05, 0) is 34.4 Å². The van der Waals surface area contributed by atoms with Crippen molar-refractivity contribution in [3.8, 4) is 56.7 Å². The second-order valence-electron chi connectivity index (χ2n) is 18.3. The van der Waals surface area contributed by atoms with Crippen molar-refractivity contribution in [1.82, 2.24) is 18.7 Å². The van der Waals surface area contributed by atoms with Crippen LogP contribution in [-0.2, 0) is 30.2 Å². The summed E-state index contributed by atoms with van der Waals surface area (Å²) in [4.78, 5) is 4.95.